The van der Waals surface area contributed by atoms with Gasteiger partial charge in [-0.25, -0.2) is 4.98 Å². The van der Waals surface area contributed by atoms with Gasteiger partial charge in [0, 0.05) is 30.9 Å². The smallest absolute Gasteiger partial charge is 0.307 e. The van der Waals surface area contributed by atoms with Crippen LogP contribution in [0, 0.1) is 5.41 Å². The van der Waals surface area contributed by atoms with Crippen molar-refractivity contribution in [1.82, 2.24) is 19.9 Å². The van der Waals surface area contributed by atoms with Crippen LogP contribution in [-0.4, -0.2) is 45.9 Å². The third-order valence-corrected chi connectivity index (χ3v) is 4.29. The molecular formula is C19H20N6O3. The summed E-state index contributed by atoms with van der Waals surface area (Å²) in [6.07, 6.45) is 1.64. The standard InChI is InChI=1S/C19H20N6O3/c1-25-15-6-4-11(19(27)22-8-7-16(26)28-2)9-14(15)24-18(25)13-5-3-12(10-23-13)17(20)21/h3-6,9-10H,7-8H2,1-2H3,(H3,20,21)(H,22,27). The number of esters is 1. The van der Waals surface area contributed by atoms with Gasteiger partial charge in [-0.2, -0.15) is 0 Å². The Morgan fingerprint density at radius 2 is 2.00 bits per heavy atom. The van der Waals surface area contributed by atoms with Crippen molar-refractivity contribution in [3.8, 4) is 11.5 Å². The number of nitrogen functional groups attached to an aromatic ring is 1. The summed E-state index contributed by atoms with van der Waals surface area (Å²) in [5, 5.41) is 10.1. The van der Waals surface area contributed by atoms with Crippen molar-refractivity contribution in [2.24, 2.45) is 12.8 Å². The van der Waals surface area contributed by atoms with Crippen LogP contribution in [0.15, 0.2) is 36.5 Å². The highest BCUT2D eigenvalue weighted by molar-refractivity contribution is 5.98. The van der Waals surface area contributed by atoms with Crippen LogP contribution in [0.1, 0.15) is 22.3 Å². The molecule has 4 N–H and O–H groups in total. The lowest BCUT2D eigenvalue weighted by Gasteiger charge is -2.05. The summed E-state index contributed by atoms with van der Waals surface area (Å²) in [4.78, 5) is 32.3. The fourth-order valence-corrected chi connectivity index (χ4v) is 2.74. The third-order valence-electron chi connectivity index (χ3n) is 4.29. The van der Waals surface area contributed by atoms with Crippen LogP contribution in [0.2, 0.25) is 0 Å². The van der Waals surface area contributed by atoms with E-state index < -0.39 is 0 Å². The van der Waals surface area contributed by atoms with E-state index in [9.17, 15) is 9.59 Å². The van der Waals surface area contributed by atoms with E-state index in [1.165, 1.54) is 13.3 Å². The zero-order chi connectivity index (χ0) is 20.3. The third kappa shape index (κ3) is 3.83. The van der Waals surface area contributed by atoms with Gasteiger partial charge in [0.05, 0.1) is 24.6 Å². The second kappa shape index (κ2) is 7.87. The molecule has 1 aromatic carbocycles. The molecule has 0 fully saturated rings. The quantitative estimate of drug-likeness (QED) is 0.334. The monoisotopic (exact) mass is 380 g/mol. The molecule has 9 nitrogen and oxygen atoms in total. The lowest BCUT2D eigenvalue weighted by Crippen LogP contribution is -2.26. The van der Waals surface area contributed by atoms with Crippen molar-refractivity contribution in [1.29, 1.82) is 5.41 Å². The fourth-order valence-electron chi connectivity index (χ4n) is 2.74. The summed E-state index contributed by atoms with van der Waals surface area (Å²) in [5.41, 5.74) is 8.57. The Morgan fingerprint density at radius 1 is 1.25 bits per heavy atom. The topological polar surface area (TPSA) is 136 Å². The Morgan fingerprint density at radius 3 is 2.64 bits per heavy atom. The van der Waals surface area contributed by atoms with Crippen LogP contribution in [0.5, 0.6) is 0 Å². The maximum absolute atomic E-state index is 12.3. The Bertz CT molecular complexity index is 1060. The Hall–Kier alpha value is -3.75. The number of hydrogen-bond acceptors (Lipinski definition) is 6. The van der Waals surface area contributed by atoms with E-state index in [4.69, 9.17) is 11.1 Å². The average Bonchev–Trinajstić information content (AvgIpc) is 3.03. The van der Waals surface area contributed by atoms with Gasteiger partial charge in [-0.1, -0.05) is 0 Å². The molecule has 0 spiro atoms. The van der Waals surface area contributed by atoms with Gasteiger partial charge in [0.2, 0.25) is 0 Å². The molecule has 0 atom stereocenters. The van der Waals surface area contributed by atoms with Crippen molar-refractivity contribution in [2.75, 3.05) is 13.7 Å². The molecule has 0 unspecified atom stereocenters. The summed E-state index contributed by atoms with van der Waals surface area (Å²) in [5.74, 6) is -0.0874. The number of aromatic nitrogens is 3. The SMILES string of the molecule is COC(=O)CCNC(=O)c1ccc2c(c1)nc(-c1ccc(C(=N)N)cn1)n2C. The highest BCUT2D eigenvalue weighted by Gasteiger charge is 2.14. The number of nitrogens with one attached hydrogen (secondary N) is 2. The first kappa shape index (κ1) is 19.0. The molecule has 0 saturated carbocycles. The summed E-state index contributed by atoms with van der Waals surface area (Å²) >= 11 is 0. The predicted molar refractivity (Wildman–Crippen MR) is 104 cm³/mol. The Balaban J connectivity index is 1.84. The molecule has 0 aliphatic heterocycles. The van der Waals surface area contributed by atoms with Crippen molar-refractivity contribution in [3.63, 3.8) is 0 Å². The summed E-state index contributed by atoms with van der Waals surface area (Å²) in [6.45, 7) is 0.198. The number of amides is 1. The molecule has 2 aromatic heterocycles. The minimum Gasteiger partial charge on any atom is -0.469 e. The summed E-state index contributed by atoms with van der Waals surface area (Å²) in [6, 6.07) is 8.66. The number of pyridine rings is 1. The van der Waals surface area contributed by atoms with E-state index in [-0.39, 0.29) is 30.7 Å². The Kier molecular flexibility index (Phi) is 5.35. The van der Waals surface area contributed by atoms with Gasteiger partial charge in [0.1, 0.15) is 11.5 Å². The molecular weight excluding hydrogens is 360 g/mol. The molecule has 0 bridgehead atoms. The molecule has 1 amide bonds. The van der Waals surface area contributed by atoms with Crippen LogP contribution in [0.3, 0.4) is 0 Å². The number of amidine groups is 1. The molecule has 144 valence electrons. The van der Waals surface area contributed by atoms with E-state index in [0.29, 0.717) is 28.2 Å². The first-order valence-corrected chi connectivity index (χ1v) is 8.53. The maximum Gasteiger partial charge on any atom is 0.307 e. The lowest BCUT2D eigenvalue weighted by atomic mass is 10.2. The number of imidazole rings is 1. The van der Waals surface area contributed by atoms with Crippen LogP contribution >= 0.6 is 0 Å². The van der Waals surface area contributed by atoms with Crippen molar-refractivity contribution < 1.29 is 14.3 Å². The molecule has 0 radical (unpaired) electrons. The number of hydrogen-bond donors (Lipinski definition) is 3. The number of nitrogens with zero attached hydrogens (tertiary/aromatic N) is 3. The van der Waals surface area contributed by atoms with Gasteiger partial charge in [0.25, 0.3) is 5.91 Å². The second-order valence-electron chi connectivity index (χ2n) is 6.13. The van der Waals surface area contributed by atoms with Crippen LogP contribution in [-0.2, 0) is 16.6 Å². The number of fused-ring (bicyclic) bond motifs is 1. The maximum atomic E-state index is 12.3. The molecule has 28 heavy (non-hydrogen) atoms. The molecule has 3 rings (SSSR count). The van der Waals surface area contributed by atoms with Gasteiger partial charge >= 0.3 is 5.97 Å². The Labute approximate surface area is 161 Å². The number of benzene rings is 1. The van der Waals surface area contributed by atoms with Crippen molar-refractivity contribution >= 4 is 28.7 Å². The lowest BCUT2D eigenvalue weighted by molar-refractivity contribution is -0.140. The molecule has 9 heteroatoms. The number of aryl methyl sites for hydroxylation is 1. The van der Waals surface area contributed by atoms with Gasteiger partial charge in [-0.15, -0.1) is 0 Å². The number of nitrogens with two attached hydrogens (primary N) is 1. The number of methoxy groups -OCH3 is 1. The van der Waals surface area contributed by atoms with E-state index in [2.05, 4.69) is 20.0 Å². The van der Waals surface area contributed by atoms with Gasteiger partial charge in [0.15, 0.2) is 5.82 Å². The van der Waals surface area contributed by atoms with E-state index in [1.807, 2.05) is 17.7 Å². The average molecular weight is 380 g/mol. The minimum absolute atomic E-state index is 0.0492. The predicted octanol–water partition coefficient (Wildman–Crippen LogP) is 1.21. The number of ether oxygens (including phenoxy) is 1. The molecule has 0 aliphatic rings. The fraction of sp³-hybridized carbons (Fsp3) is 0.211. The molecule has 0 saturated heterocycles. The van der Waals surface area contributed by atoms with Crippen LogP contribution in [0.4, 0.5) is 0 Å². The van der Waals surface area contributed by atoms with Gasteiger partial charge in [-0.05, 0) is 30.3 Å². The second-order valence-corrected chi connectivity index (χ2v) is 6.13. The van der Waals surface area contributed by atoms with E-state index in [1.54, 1.807) is 24.3 Å². The summed E-state index contributed by atoms with van der Waals surface area (Å²) in [7, 11) is 3.17. The van der Waals surface area contributed by atoms with E-state index >= 15 is 0 Å². The van der Waals surface area contributed by atoms with Crippen molar-refractivity contribution in [3.05, 3.63) is 47.7 Å². The number of carbonyl (C=O) groups excluding carboxylic acids is 2. The molecule has 3 aromatic rings. The number of rotatable bonds is 6. The van der Waals surface area contributed by atoms with Crippen molar-refractivity contribution in [2.45, 2.75) is 6.42 Å². The molecule has 2 heterocycles. The minimum atomic E-state index is -0.381. The highest BCUT2D eigenvalue weighted by atomic mass is 16.5. The van der Waals surface area contributed by atoms with Crippen LogP contribution < -0.4 is 11.1 Å². The first-order valence-electron chi connectivity index (χ1n) is 8.53. The zero-order valence-electron chi connectivity index (χ0n) is 15.5. The molecule has 0 aliphatic carbocycles. The number of carbonyl (C=O) groups is 2. The van der Waals surface area contributed by atoms with Gasteiger partial charge in [-0.3, -0.25) is 20.0 Å². The van der Waals surface area contributed by atoms with Gasteiger partial charge < -0.3 is 20.4 Å². The normalized spacial score (nSPS) is 10.6. The zero-order valence-corrected chi connectivity index (χ0v) is 15.5. The summed E-state index contributed by atoms with van der Waals surface area (Å²) < 4.78 is 6.43. The highest BCUT2D eigenvalue weighted by Crippen LogP contribution is 2.23. The largest absolute Gasteiger partial charge is 0.469 e. The first-order chi connectivity index (χ1) is 13.4. The van der Waals surface area contributed by atoms with Crippen LogP contribution in [0.25, 0.3) is 22.6 Å². The van der Waals surface area contributed by atoms with E-state index in [0.717, 1.165) is 5.52 Å².